The highest BCUT2D eigenvalue weighted by molar-refractivity contribution is 5.91. The molecule has 11 heavy (non-hydrogen) atoms. The first-order valence-corrected chi connectivity index (χ1v) is 4.02. The van der Waals surface area contributed by atoms with Crippen LogP contribution in [0.25, 0.3) is 0 Å². The summed E-state index contributed by atoms with van der Waals surface area (Å²) in [5.74, 6) is 0.222. The Morgan fingerprint density at radius 1 is 1.27 bits per heavy atom. The third kappa shape index (κ3) is 1.20. The van der Waals surface area contributed by atoms with Crippen molar-refractivity contribution in [2.45, 2.75) is 45.8 Å². The fraction of sp³-hybridized carbons (Fsp3) is 0.889. The van der Waals surface area contributed by atoms with Gasteiger partial charge in [0, 0.05) is 5.92 Å². The maximum atomic E-state index is 11.5. The van der Waals surface area contributed by atoms with Crippen LogP contribution >= 0.6 is 0 Å². The van der Waals surface area contributed by atoms with Gasteiger partial charge < -0.3 is 4.74 Å². The smallest absolute Gasteiger partial charge is 0.169 e. The highest BCUT2D eigenvalue weighted by Gasteiger charge is 2.50. The van der Waals surface area contributed by atoms with Crippen molar-refractivity contribution in [2.24, 2.45) is 5.92 Å². The van der Waals surface area contributed by atoms with Crippen LogP contribution in [0.4, 0.5) is 0 Å². The van der Waals surface area contributed by atoms with Gasteiger partial charge in [0.15, 0.2) is 5.78 Å². The zero-order valence-electron chi connectivity index (χ0n) is 7.89. The summed E-state index contributed by atoms with van der Waals surface area (Å²) in [7, 11) is 0. The van der Waals surface area contributed by atoms with E-state index in [-0.39, 0.29) is 17.3 Å². The lowest BCUT2D eigenvalue weighted by Crippen LogP contribution is -2.29. The molecule has 1 saturated heterocycles. The molecule has 0 aromatic carbocycles. The maximum absolute atomic E-state index is 11.5. The first-order chi connectivity index (χ1) is 4.77. The lowest BCUT2D eigenvalue weighted by molar-refractivity contribution is -0.132. The Bertz CT molecular complexity index is 192. The molecule has 0 aliphatic carbocycles. The van der Waals surface area contributed by atoms with Crippen LogP contribution in [0.15, 0.2) is 0 Å². The number of ether oxygens (including phenoxy) is 1. The van der Waals surface area contributed by atoms with Gasteiger partial charge in [0.05, 0.1) is 5.60 Å². The van der Waals surface area contributed by atoms with Gasteiger partial charge in [0.25, 0.3) is 0 Å². The van der Waals surface area contributed by atoms with E-state index in [1.807, 2.05) is 34.6 Å². The first kappa shape index (κ1) is 8.72. The van der Waals surface area contributed by atoms with Crippen LogP contribution in [0.2, 0.25) is 0 Å². The lowest BCUT2D eigenvalue weighted by Gasteiger charge is -2.23. The average Bonchev–Trinajstić information content (AvgIpc) is 1.91. The molecule has 1 aliphatic heterocycles. The third-order valence-electron chi connectivity index (χ3n) is 2.55. The molecule has 1 fully saturated rings. The molecule has 1 atom stereocenters. The monoisotopic (exact) mass is 156 g/mol. The van der Waals surface area contributed by atoms with Crippen molar-refractivity contribution in [3.8, 4) is 0 Å². The molecule has 1 rings (SSSR count). The summed E-state index contributed by atoms with van der Waals surface area (Å²) in [5.41, 5.74) is -0.872. The van der Waals surface area contributed by atoms with E-state index in [0.29, 0.717) is 0 Å². The number of rotatable bonds is 0. The Labute approximate surface area is 67.9 Å². The van der Waals surface area contributed by atoms with Crippen LogP contribution in [0.5, 0.6) is 0 Å². The molecule has 0 spiro atoms. The normalized spacial score (nSPS) is 34.3. The Balaban J connectivity index is 2.96. The van der Waals surface area contributed by atoms with Gasteiger partial charge in [-0.15, -0.1) is 0 Å². The molecule has 0 aromatic rings. The van der Waals surface area contributed by atoms with Gasteiger partial charge in [0.2, 0.25) is 0 Å². The van der Waals surface area contributed by atoms with Crippen LogP contribution in [0.1, 0.15) is 34.6 Å². The van der Waals surface area contributed by atoms with Gasteiger partial charge >= 0.3 is 0 Å². The number of hydrogen-bond donors (Lipinski definition) is 0. The van der Waals surface area contributed by atoms with Crippen LogP contribution in [-0.2, 0) is 9.53 Å². The molecular formula is C9H16O2. The van der Waals surface area contributed by atoms with Crippen molar-refractivity contribution in [2.75, 3.05) is 0 Å². The van der Waals surface area contributed by atoms with Crippen molar-refractivity contribution in [1.29, 1.82) is 0 Å². The molecular weight excluding hydrogens is 140 g/mol. The van der Waals surface area contributed by atoms with Crippen molar-refractivity contribution in [1.82, 2.24) is 0 Å². The Morgan fingerprint density at radius 2 is 1.73 bits per heavy atom. The molecule has 1 heterocycles. The van der Waals surface area contributed by atoms with E-state index < -0.39 is 5.60 Å². The van der Waals surface area contributed by atoms with Crippen LogP contribution in [0, 0.1) is 5.92 Å². The Kier molecular flexibility index (Phi) is 1.64. The molecule has 0 radical (unpaired) electrons. The first-order valence-electron chi connectivity index (χ1n) is 4.02. The standard InChI is InChI=1S/C9H16O2/c1-6-7(10)9(4,5)11-8(6,2)3/h6H,1-5H3. The third-order valence-corrected chi connectivity index (χ3v) is 2.55. The Hall–Kier alpha value is -0.370. The van der Waals surface area contributed by atoms with Gasteiger partial charge in [-0.25, -0.2) is 0 Å². The number of carbonyl (C=O) groups excluding carboxylic acids is 1. The maximum Gasteiger partial charge on any atom is 0.169 e. The molecule has 2 nitrogen and oxygen atoms in total. The number of ketones is 1. The summed E-state index contributed by atoms with van der Waals surface area (Å²) < 4.78 is 5.61. The minimum absolute atomic E-state index is 0.0116. The average molecular weight is 156 g/mol. The molecule has 0 aromatic heterocycles. The molecule has 0 N–H and O–H groups in total. The zero-order chi connectivity index (χ0) is 8.86. The van der Waals surface area contributed by atoms with Crippen molar-refractivity contribution < 1.29 is 9.53 Å². The van der Waals surface area contributed by atoms with Crippen LogP contribution in [0.3, 0.4) is 0 Å². The molecule has 0 bridgehead atoms. The summed E-state index contributed by atoms with van der Waals surface area (Å²) in [5, 5.41) is 0. The molecule has 64 valence electrons. The number of Topliss-reactive ketones (excluding diaryl/α,β-unsaturated/α-hetero) is 1. The van der Waals surface area contributed by atoms with Crippen LogP contribution in [-0.4, -0.2) is 17.0 Å². The van der Waals surface area contributed by atoms with Crippen molar-refractivity contribution >= 4 is 5.78 Å². The Morgan fingerprint density at radius 3 is 1.82 bits per heavy atom. The highest BCUT2D eigenvalue weighted by Crippen LogP contribution is 2.38. The lowest BCUT2D eigenvalue weighted by atomic mass is 9.88. The summed E-state index contributed by atoms with van der Waals surface area (Å²) in [6, 6.07) is 0. The molecule has 1 unspecified atom stereocenters. The predicted molar refractivity (Wildman–Crippen MR) is 43.4 cm³/mol. The van der Waals surface area contributed by atoms with Gasteiger partial charge in [-0.2, -0.15) is 0 Å². The van der Waals surface area contributed by atoms with E-state index >= 15 is 0 Å². The van der Waals surface area contributed by atoms with E-state index in [1.165, 1.54) is 0 Å². The minimum atomic E-state index is -0.580. The van der Waals surface area contributed by atoms with E-state index in [9.17, 15) is 4.79 Å². The predicted octanol–water partition coefficient (Wildman–Crippen LogP) is 1.78. The van der Waals surface area contributed by atoms with Crippen molar-refractivity contribution in [3.63, 3.8) is 0 Å². The van der Waals surface area contributed by atoms with Gasteiger partial charge in [-0.05, 0) is 27.7 Å². The van der Waals surface area contributed by atoms with Crippen molar-refractivity contribution in [3.05, 3.63) is 0 Å². The van der Waals surface area contributed by atoms with E-state index in [2.05, 4.69) is 0 Å². The largest absolute Gasteiger partial charge is 0.361 e. The van der Waals surface area contributed by atoms with E-state index in [1.54, 1.807) is 0 Å². The summed E-state index contributed by atoms with van der Waals surface area (Å²) in [6.45, 7) is 9.52. The van der Waals surface area contributed by atoms with Gasteiger partial charge in [-0.3, -0.25) is 4.79 Å². The number of carbonyl (C=O) groups is 1. The second kappa shape index (κ2) is 2.07. The molecule has 2 heteroatoms. The highest BCUT2D eigenvalue weighted by atomic mass is 16.5. The molecule has 0 amide bonds. The second-order valence-electron chi connectivity index (χ2n) is 4.30. The second-order valence-corrected chi connectivity index (χ2v) is 4.30. The fourth-order valence-corrected chi connectivity index (χ4v) is 1.63. The SMILES string of the molecule is CC1C(=O)C(C)(C)OC1(C)C. The van der Waals surface area contributed by atoms with Gasteiger partial charge in [-0.1, -0.05) is 6.92 Å². The summed E-state index contributed by atoms with van der Waals surface area (Å²) in [4.78, 5) is 11.5. The molecule has 1 aliphatic rings. The topological polar surface area (TPSA) is 26.3 Å². The summed E-state index contributed by atoms with van der Waals surface area (Å²) in [6.07, 6.45) is 0. The molecule has 0 saturated carbocycles. The fourth-order valence-electron chi connectivity index (χ4n) is 1.63. The zero-order valence-corrected chi connectivity index (χ0v) is 7.89. The summed E-state index contributed by atoms with van der Waals surface area (Å²) >= 11 is 0. The quantitative estimate of drug-likeness (QED) is 0.534. The van der Waals surface area contributed by atoms with E-state index in [0.717, 1.165) is 0 Å². The van der Waals surface area contributed by atoms with Gasteiger partial charge in [0.1, 0.15) is 5.60 Å². The minimum Gasteiger partial charge on any atom is -0.361 e. The van der Waals surface area contributed by atoms with Crippen LogP contribution < -0.4 is 0 Å². The number of hydrogen-bond acceptors (Lipinski definition) is 2. The van der Waals surface area contributed by atoms with E-state index in [4.69, 9.17) is 4.74 Å².